The van der Waals surface area contributed by atoms with Crippen molar-refractivity contribution in [3.05, 3.63) is 18.0 Å². The van der Waals surface area contributed by atoms with Gasteiger partial charge in [0.05, 0.1) is 0 Å². The summed E-state index contributed by atoms with van der Waals surface area (Å²) in [6.07, 6.45) is 2.76. The summed E-state index contributed by atoms with van der Waals surface area (Å²) in [6.45, 7) is 3.10. The van der Waals surface area contributed by atoms with Gasteiger partial charge < -0.3 is 10.3 Å². The molecule has 1 heterocycles. The van der Waals surface area contributed by atoms with Crippen molar-refractivity contribution in [2.75, 3.05) is 13.6 Å². The van der Waals surface area contributed by atoms with Crippen molar-refractivity contribution >= 4 is 10.0 Å². The molecule has 2 N–H and O–H groups in total. The quantitative estimate of drug-likeness (QED) is 0.859. The Kier molecular flexibility index (Phi) is 3.53. The molecule has 5 nitrogen and oxygen atoms in total. The highest BCUT2D eigenvalue weighted by Gasteiger charge is 2.36. The summed E-state index contributed by atoms with van der Waals surface area (Å²) in [4.78, 5) is 0.334. The molecule has 0 radical (unpaired) electrons. The Morgan fingerprint density at radius 2 is 2.17 bits per heavy atom. The van der Waals surface area contributed by atoms with E-state index in [9.17, 15) is 8.42 Å². The molecule has 0 bridgehead atoms. The fourth-order valence-electron chi connectivity index (χ4n) is 2.18. The van der Waals surface area contributed by atoms with Gasteiger partial charge in [0.15, 0.2) is 0 Å². The maximum Gasteiger partial charge on any atom is 0.244 e. The number of nitrogens with two attached hydrogens (primary N) is 1. The van der Waals surface area contributed by atoms with E-state index in [2.05, 4.69) is 6.92 Å². The molecule has 1 aliphatic carbocycles. The third-order valence-corrected chi connectivity index (χ3v) is 5.56. The van der Waals surface area contributed by atoms with E-state index in [0.717, 1.165) is 12.1 Å². The predicted molar refractivity (Wildman–Crippen MR) is 70.4 cm³/mol. The van der Waals surface area contributed by atoms with Gasteiger partial charge >= 0.3 is 0 Å². The lowest BCUT2D eigenvalue weighted by molar-refractivity contribution is 0.444. The number of sulfonamides is 1. The third-order valence-electron chi connectivity index (χ3n) is 3.77. The molecule has 0 spiro atoms. The van der Waals surface area contributed by atoms with E-state index in [4.69, 9.17) is 5.73 Å². The Morgan fingerprint density at radius 3 is 2.61 bits per heavy atom. The normalized spacial score (nSPS) is 23.6. The van der Waals surface area contributed by atoms with Gasteiger partial charge in [-0.2, -0.15) is 0 Å². The van der Waals surface area contributed by atoms with Crippen molar-refractivity contribution in [2.24, 2.45) is 24.6 Å². The summed E-state index contributed by atoms with van der Waals surface area (Å²) in [5.41, 5.74) is 6.38. The SMILES string of the molecule is CC1CC1CN(C)S(=O)(=O)c1cc(CN)n(C)c1. The molecular weight excluding hydrogens is 250 g/mol. The minimum Gasteiger partial charge on any atom is -0.352 e. The maximum atomic E-state index is 12.4. The molecule has 1 aliphatic rings. The first-order valence-corrected chi connectivity index (χ1v) is 7.62. The molecule has 1 saturated carbocycles. The van der Waals surface area contributed by atoms with Crippen molar-refractivity contribution in [1.82, 2.24) is 8.87 Å². The summed E-state index contributed by atoms with van der Waals surface area (Å²) in [7, 11) is 0.0857. The zero-order chi connectivity index (χ0) is 13.5. The van der Waals surface area contributed by atoms with Crippen LogP contribution in [-0.2, 0) is 23.6 Å². The van der Waals surface area contributed by atoms with E-state index in [1.54, 1.807) is 23.9 Å². The summed E-state index contributed by atoms with van der Waals surface area (Å²) in [6, 6.07) is 1.65. The van der Waals surface area contributed by atoms with Crippen LogP contribution >= 0.6 is 0 Å². The third kappa shape index (κ3) is 2.46. The van der Waals surface area contributed by atoms with E-state index >= 15 is 0 Å². The fourth-order valence-corrected chi connectivity index (χ4v) is 3.51. The molecule has 1 aromatic rings. The zero-order valence-corrected chi connectivity index (χ0v) is 11.9. The summed E-state index contributed by atoms with van der Waals surface area (Å²) < 4.78 is 27.9. The van der Waals surface area contributed by atoms with Gasteiger partial charge in [-0.3, -0.25) is 0 Å². The van der Waals surface area contributed by atoms with Crippen molar-refractivity contribution < 1.29 is 8.42 Å². The predicted octanol–water partition coefficient (Wildman–Crippen LogP) is 0.760. The average Bonchev–Trinajstić information content (AvgIpc) is 2.85. The Morgan fingerprint density at radius 1 is 1.56 bits per heavy atom. The lowest BCUT2D eigenvalue weighted by Crippen LogP contribution is -2.29. The Hall–Kier alpha value is -0.850. The Balaban J connectivity index is 2.18. The number of rotatable bonds is 5. The van der Waals surface area contributed by atoms with Gasteiger partial charge in [-0.15, -0.1) is 0 Å². The maximum absolute atomic E-state index is 12.4. The molecule has 18 heavy (non-hydrogen) atoms. The van der Waals surface area contributed by atoms with Gasteiger partial charge in [-0.25, -0.2) is 12.7 Å². The smallest absolute Gasteiger partial charge is 0.244 e. The highest BCUT2D eigenvalue weighted by molar-refractivity contribution is 7.89. The second-order valence-electron chi connectivity index (χ2n) is 5.24. The molecule has 0 saturated heterocycles. The molecule has 0 aliphatic heterocycles. The minimum atomic E-state index is -3.37. The van der Waals surface area contributed by atoms with Crippen LogP contribution in [0.15, 0.2) is 17.2 Å². The van der Waals surface area contributed by atoms with Gasteiger partial charge in [0, 0.05) is 39.1 Å². The van der Waals surface area contributed by atoms with Crippen LogP contribution in [0.5, 0.6) is 0 Å². The second-order valence-corrected chi connectivity index (χ2v) is 7.29. The van der Waals surface area contributed by atoms with Crippen LogP contribution in [0, 0.1) is 11.8 Å². The number of hydrogen-bond acceptors (Lipinski definition) is 3. The minimum absolute atomic E-state index is 0.334. The van der Waals surface area contributed by atoms with Crippen molar-refractivity contribution in [3.8, 4) is 0 Å². The molecule has 2 rings (SSSR count). The molecule has 6 heteroatoms. The molecule has 2 atom stereocenters. The highest BCUT2D eigenvalue weighted by atomic mass is 32.2. The standard InChI is InChI=1S/C12H21N3O2S/c1-9-4-10(9)7-15(3)18(16,17)12-5-11(6-13)14(2)8-12/h5,8-10H,4,6-7,13H2,1-3H3. The lowest BCUT2D eigenvalue weighted by Gasteiger charge is -2.15. The molecular formula is C12H21N3O2S. The largest absolute Gasteiger partial charge is 0.352 e. The number of aryl methyl sites for hydroxylation is 1. The number of aromatic nitrogens is 1. The van der Waals surface area contributed by atoms with Crippen molar-refractivity contribution in [3.63, 3.8) is 0 Å². The topological polar surface area (TPSA) is 68.3 Å². The van der Waals surface area contributed by atoms with Gasteiger partial charge in [0.2, 0.25) is 10.0 Å². The first-order chi connectivity index (χ1) is 8.36. The van der Waals surface area contributed by atoms with Gasteiger partial charge in [-0.1, -0.05) is 6.92 Å². The van der Waals surface area contributed by atoms with Crippen LogP contribution in [0.1, 0.15) is 19.0 Å². The van der Waals surface area contributed by atoms with Crippen molar-refractivity contribution in [1.29, 1.82) is 0 Å². The summed E-state index contributed by atoms with van der Waals surface area (Å²) in [5, 5.41) is 0. The first-order valence-electron chi connectivity index (χ1n) is 6.18. The molecule has 0 amide bonds. The van der Waals surface area contributed by atoms with Gasteiger partial charge in [0.25, 0.3) is 0 Å². The van der Waals surface area contributed by atoms with Crippen LogP contribution < -0.4 is 5.73 Å². The Labute approximate surface area is 109 Å². The molecule has 2 unspecified atom stereocenters. The van der Waals surface area contributed by atoms with E-state index in [1.165, 1.54) is 4.31 Å². The van der Waals surface area contributed by atoms with Crippen LogP contribution in [0.4, 0.5) is 0 Å². The zero-order valence-electron chi connectivity index (χ0n) is 11.1. The summed E-state index contributed by atoms with van der Waals surface area (Å²) in [5.74, 6) is 1.17. The fraction of sp³-hybridized carbons (Fsp3) is 0.667. The Bertz CT molecular complexity index is 536. The molecule has 1 aromatic heterocycles. The van der Waals surface area contributed by atoms with E-state index < -0.39 is 10.0 Å². The monoisotopic (exact) mass is 271 g/mol. The van der Waals surface area contributed by atoms with Crippen LogP contribution in [0.3, 0.4) is 0 Å². The molecule has 102 valence electrons. The van der Waals surface area contributed by atoms with E-state index in [0.29, 0.717) is 29.8 Å². The highest BCUT2D eigenvalue weighted by Crippen LogP contribution is 2.38. The van der Waals surface area contributed by atoms with Gasteiger partial charge in [-0.05, 0) is 24.3 Å². The lowest BCUT2D eigenvalue weighted by atomic mass is 10.3. The number of nitrogens with zero attached hydrogens (tertiary/aromatic N) is 2. The second kappa shape index (κ2) is 4.68. The van der Waals surface area contributed by atoms with E-state index in [-0.39, 0.29) is 0 Å². The van der Waals surface area contributed by atoms with Crippen LogP contribution in [0.25, 0.3) is 0 Å². The van der Waals surface area contributed by atoms with Crippen molar-refractivity contribution in [2.45, 2.75) is 24.8 Å². The number of hydrogen-bond donors (Lipinski definition) is 1. The summed E-state index contributed by atoms with van der Waals surface area (Å²) >= 11 is 0. The van der Waals surface area contributed by atoms with Gasteiger partial charge in [0.1, 0.15) is 4.90 Å². The van der Waals surface area contributed by atoms with Crippen LogP contribution in [0.2, 0.25) is 0 Å². The van der Waals surface area contributed by atoms with Crippen LogP contribution in [-0.4, -0.2) is 30.9 Å². The molecule has 0 aromatic carbocycles. The van der Waals surface area contributed by atoms with E-state index in [1.807, 2.05) is 7.05 Å². The molecule has 1 fully saturated rings. The average molecular weight is 271 g/mol. The first kappa shape index (κ1) is 13.6.